The van der Waals surface area contributed by atoms with E-state index in [-0.39, 0.29) is 17.3 Å². The molecule has 5 nitrogen and oxygen atoms in total. The summed E-state index contributed by atoms with van der Waals surface area (Å²) in [5.41, 5.74) is -1.02. The van der Waals surface area contributed by atoms with Gasteiger partial charge in [0.1, 0.15) is 4.88 Å². The summed E-state index contributed by atoms with van der Waals surface area (Å²) in [7, 11) is 0. The maximum Gasteiger partial charge on any atom is 0.345 e. The largest absolute Gasteiger partial charge is 0.477 e. The molecule has 1 spiro atoms. The first-order valence-electron chi connectivity index (χ1n) is 8.46. The fourth-order valence-corrected chi connectivity index (χ4v) is 4.98. The van der Waals surface area contributed by atoms with Gasteiger partial charge >= 0.3 is 5.97 Å². The number of rotatable bonds is 4. The molecule has 25 heavy (non-hydrogen) atoms. The summed E-state index contributed by atoms with van der Waals surface area (Å²) in [4.78, 5) is 28.0. The molecular weight excluding hydrogens is 350 g/mol. The lowest BCUT2D eigenvalue weighted by atomic mass is 9.71. The fraction of sp³-hybridized carbons (Fsp3) is 0.647. The van der Waals surface area contributed by atoms with Crippen LogP contribution in [-0.4, -0.2) is 58.9 Å². The van der Waals surface area contributed by atoms with Gasteiger partial charge in [0.15, 0.2) is 0 Å². The van der Waals surface area contributed by atoms with Gasteiger partial charge in [-0.2, -0.15) is 0 Å². The van der Waals surface area contributed by atoms with E-state index < -0.39 is 30.3 Å². The first-order valence-corrected chi connectivity index (χ1v) is 9.28. The number of aromatic carboxylic acids is 1. The molecule has 1 atom stereocenters. The minimum absolute atomic E-state index is 0.164. The van der Waals surface area contributed by atoms with Crippen LogP contribution in [0.15, 0.2) is 12.1 Å². The Morgan fingerprint density at radius 1 is 1.36 bits per heavy atom. The summed E-state index contributed by atoms with van der Waals surface area (Å²) in [6, 6.07) is 3.15. The predicted octanol–water partition coefficient (Wildman–Crippen LogP) is 2.92. The second-order valence-corrected chi connectivity index (χ2v) is 8.19. The summed E-state index contributed by atoms with van der Waals surface area (Å²) >= 11 is 1.09. The molecule has 0 radical (unpaired) electrons. The Balaban J connectivity index is 1.80. The highest BCUT2D eigenvalue weighted by molar-refractivity contribution is 7.13. The Bertz CT molecular complexity index is 679. The minimum Gasteiger partial charge on any atom is -0.477 e. The maximum atomic E-state index is 14.4. The Labute approximate surface area is 149 Å². The number of amides is 1. The van der Waals surface area contributed by atoms with Crippen molar-refractivity contribution in [3.05, 3.63) is 21.9 Å². The van der Waals surface area contributed by atoms with Crippen molar-refractivity contribution in [3.63, 3.8) is 0 Å². The molecule has 0 aromatic carbocycles. The van der Waals surface area contributed by atoms with Gasteiger partial charge in [0.05, 0.1) is 12.0 Å². The summed E-state index contributed by atoms with van der Waals surface area (Å²) in [5, 5.41) is 9.00. The minimum atomic E-state index is -2.92. The normalized spacial score (nSPS) is 27.0. The van der Waals surface area contributed by atoms with Crippen molar-refractivity contribution in [2.24, 2.45) is 5.41 Å². The molecule has 1 amide bonds. The average molecular weight is 372 g/mol. The van der Waals surface area contributed by atoms with Gasteiger partial charge in [-0.15, -0.1) is 11.3 Å². The number of carbonyl (C=O) groups is 2. The van der Waals surface area contributed by atoms with E-state index >= 15 is 0 Å². The maximum absolute atomic E-state index is 14.4. The molecule has 0 saturated carbocycles. The van der Waals surface area contributed by atoms with Gasteiger partial charge in [-0.05, 0) is 31.9 Å². The molecule has 2 fully saturated rings. The quantitative estimate of drug-likeness (QED) is 0.883. The number of nitrogens with zero attached hydrogens (tertiary/aromatic N) is 2. The summed E-state index contributed by atoms with van der Waals surface area (Å²) < 4.78 is 28.8. The van der Waals surface area contributed by atoms with Crippen molar-refractivity contribution >= 4 is 23.2 Å². The second kappa shape index (κ2) is 6.64. The van der Waals surface area contributed by atoms with Gasteiger partial charge in [-0.3, -0.25) is 9.69 Å². The fourth-order valence-electron chi connectivity index (χ4n) is 4.09. The van der Waals surface area contributed by atoms with E-state index in [9.17, 15) is 18.4 Å². The third-order valence-electron chi connectivity index (χ3n) is 5.04. The van der Waals surface area contributed by atoms with E-state index in [1.807, 2.05) is 6.92 Å². The number of carbonyl (C=O) groups excluding carboxylic acids is 1. The smallest absolute Gasteiger partial charge is 0.345 e. The molecule has 1 aromatic rings. The van der Waals surface area contributed by atoms with Crippen LogP contribution in [0.4, 0.5) is 8.78 Å². The van der Waals surface area contributed by atoms with Gasteiger partial charge in [-0.25, -0.2) is 13.6 Å². The van der Waals surface area contributed by atoms with Crippen LogP contribution in [-0.2, 0) is 11.3 Å². The Morgan fingerprint density at radius 3 is 2.76 bits per heavy atom. The van der Waals surface area contributed by atoms with E-state index in [1.54, 1.807) is 15.9 Å². The van der Waals surface area contributed by atoms with Crippen LogP contribution >= 0.6 is 11.3 Å². The number of alkyl halides is 2. The van der Waals surface area contributed by atoms with Crippen LogP contribution in [0.2, 0.25) is 0 Å². The van der Waals surface area contributed by atoms with Crippen LogP contribution in [0.3, 0.4) is 0 Å². The van der Waals surface area contributed by atoms with E-state index in [4.69, 9.17) is 5.11 Å². The summed E-state index contributed by atoms with van der Waals surface area (Å²) in [6.45, 7) is 3.20. The van der Waals surface area contributed by atoms with Gasteiger partial charge < -0.3 is 10.0 Å². The van der Waals surface area contributed by atoms with E-state index in [1.165, 1.54) is 6.07 Å². The zero-order valence-corrected chi connectivity index (χ0v) is 15.0. The number of hydrogen-bond acceptors (Lipinski definition) is 4. The van der Waals surface area contributed by atoms with E-state index in [0.717, 1.165) is 22.6 Å². The van der Waals surface area contributed by atoms with Crippen LogP contribution in [0, 0.1) is 5.41 Å². The van der Waals surface area contributed by atoms with Crippen LogP contribution in [0.25, 0.3) is 0 Å². The van der Waals surface area contributed by atoms with Crippen molar-refractivity contribution in [1.29, 1.82) is 0 Å². The zero-order valence-electron chi connectivity index (χ0n) is 14.1. The first-order chi connectivity index (χ1) is 11.7. The first kappa shape index (κ1) is 18.3. The van der Waals surface area contributed by atoms with Gasteiger partial charge in [0, 0.05) is 37.5 Å². The van der Waals surface area contributed by atoms with Crippen LogP contribution in [0.1, 0.15) is 40.7 Å². The Morgan fingerprint density at radius 2 is 2.12 bits per heavy atom. The van der Waals surface area contributed by atoms with Crippen molar-refractivity contribution in [3.8, 4) is 0 Å². The van der Waals surface area contributed by atoms with E-state index in [0.29, 0.717) is 26.1 Å². The number of halogens is 2. The standard InChI is InChI=1S/C17H22F2N2O3S/c1-2-21-7-3-6-16(15(21)24)9-17(18,19)11-20(10-16)8-12-4-5-13(25-12)14(22)23/h4-5H,2-3,6-11H2,1H3,(H,22,23)/t16-/m0/s1. The Kier molecular flexibility index (Phi) is 4.85. The topological polar surface area (TPSA) is 60.9 Å². The highest BCUT2D eigenvalue weighted by atomic mass is 32.1. The third-order valence-corrected chi connectivity index (χ3v) is 6.09. The molecule has 1 N–H and O–H groups in total. The molecule has 2 aliphatic heterocycles. The van der Waals surface area contributed by atoms with Crippen LogP contribution in [0.5, 0.6) is 0 Å². The third kappa shape index (κ3) is 3.69. The molecule has 3 rings (SSSR count). The summed E-state index contributed by atoms with van der Waals surface area (Å²) in [6.07, 6.45) is 0.835. The lowest BCUT2D eigenvalue weighted by Crippen LogP contribution is -2.60. The molecule has 0 bridgehead atoms. The molecule has 1 aromatic heterocycles. The van der Waals surface area contributed by atoms with Crippen LogP contribution < -0.4 is 0 Å². The highest BCUT2D eigenvalue weighted by Gasteiger charge is 2.54. The highest BCUT2D eigenvalue weighted by Crippen LogP contribution is 2.45. The van der Waals surface area contributed by atoms with Crippen molar-refractivity contribution in [1.82, 2.24) is 9.80 Å². The van der Waals surface area contributed by atoms with Crippen molar-refractivity contribution < 1.29 is 23.5 Å². The molecule has 0 unspecified atom stereocenters. The number of thiophene rings is 1. The van der Waals surface area contributed by atoms with Crippen molar-refractivity contribution in [2.75, 3.05) is 26.2 Å². The lowest BCUT2D eigenvalue weighted by molar-refractivity contribution is -0.169. The van der Waals surface area contributed by atoms with E-state index in [2.05, 4.69) is 0 Å². The second-order valence-electron chi connectivity index (χ2n) is 7.02. The molecular formula is C17H22F2N2O3S. The zero-order chi connectivity index (χ0) is 18.2. The van der Waals surface area contributed by atoms with Gasteiger partial charge in [-0.1, -0.05) is 0 Å². The molecule has 3 heterocycles. The molecule has 138 valence electrons. The monoisotopic (exact) mass is 372 g/mol. The molecule has 8 heteroatoms. The Hall–Kier alpha value is -1.54. The number of piperidine rings is 2. The van der Waals surface area contributed by atoms with Gasteiger partial charge in [0.25, 0.3) is 5.92 Å². The lowest BCUT2D eigenvalue weighted by Gasteiger charge is -2.49. The average Bonchev–Trinajstić information content (AvgIpc) is 2.97. The van der Waals surface area contributed by atoms with Gasteiger partial charge in [0.2, 0.25) is 5.91 Å². The SMILES string of the molecule is CCN1CCC[C@]2(CN(Cc3ccc(C(=O)O)s3)CC(F)(F)C2)C1=O. The molecule has 0 aliphatic carbocycles. The summed E-state index contributed by atoms with van der Waals surface area (Å²) in [5.74, 6) is -4.10. The van der Waals surface area contributed by atoms with Crippen molar-refractivity contribution in [2.45, 2.75) is 38.7 Å². The number of carboxylic acids is 1. The number of likely N-dealkylation sites (tertiary alicyclic amines) is 2. The number of carboxylic acid groups (broad SMARTS) is 1. The number of hydrogen-bond donors (Lipinski definition) is 1. The predicted molar refractivity (Wildman–Crippen MR) is 90.0 cm³/mol. The molecule has 2 aliphatic rings. The molecule has 2 saturated heterocycles.